The molecule has 1 amide bonds. The van der Waals surface area contributed by atoms with Gasteiger partial charge < -0.3 is 25.0 Å². The molecule has 246 valence electrons. The number of halogens is 2. The van der Waals surface area contributed by atoms with Crippen LogP contribution in [-0.2, 0) is 9.47 Å². The fourth-order valence-corrected chi connectivity index (χ4v) is 6.99. The first-order valence-corrected chi connectivity index (χ1v) is 16.7. The molecule has 3 saturated heterocycles. The Bertz CT molecular complexity index is 1710. The van der Waals surface area contributed by atoms with Crippen molar-refractivity contribution >= 4 is 47.8 Å². The molecule has 0 radical (unpaired) electrons. The highest BCUT2D eigenvalue weighted by molar-refractivity contribution is 6.30. The number of carbonyl (C=O) groups is 1. The summed E-state index contributed by atoms with van der Waals surface area (Å²) in [7, 11) is 0. The Morgan fingerprint density at radius 3 is 2.70 bits per heavy atom. The highest BCUT2D eigenvalue weighted by atomic mass is 35.5. The number of hydrogen-bond donors (Lipinski definition) is 2. The van der Waals surface area contributed by atoms with E-state index in [0.29, 0.717) is 58.3 Å². The van der Waals surface area contributed by atoms with Crippen LogP contribution in [0.2, 0.25) is 5.02 Å². The fourth-order valence-electron chi connectivity index (χ4n) is 6.77. The lowest BCUT2D eigenvalue weighted by molar-refractivity contribution is 0.0439. The highest BCUT2D eigenvalue weighted by Gasteiger charge is 2.44. The van der Waals surface area contributed by atoms with Gasteiger partial charge in [0.25, 0.3) is 0 Å². The van der Waals surface area contributed by atoms with Gasteiger partial charge in [-0.15, -0.1) is 0 Å². The number of anilines is 1. The van der Waals surface area contributed by atoms with Crippen molar-refractivity contribution in [2.45, 2.75) is 69.9 Å². The van der Waals surface area contributed by atoms with Gasteiger partial charge in [0.1, 0.15) is 17.9 Å². The minimum absolute atomic E-state index is 0.0765. The molecule has 2 aromatic rings. The summed E-state index contributed by atoms with van der Waals surface area (Å²) >= 11 is 6.36. The van der Waals surface area contributed by atoms with Gasteiger partial charge in [-0.2, -0.15) is 10.2 Å². The Morgan fingerprint density at radius 1 is 1.20 bits per heavy atom. The first-order valence-electron chi connectivity index (χ1n) is 16.3. The van der Waals surface area contributed by atoms with E-state index in [9.17, 15) is 4.79 Å². The number of pyridine rings is 1. The number of hydrogen-bond acceptors (Lipinski definition) is 10. The summed E-state index contributed by atoms with van der Waals surface area (Å²) in [5.74, 6) is -0.119. The fraction of sp³-hybridized carbons (Fsp3) is 0.545. The number of ether oxygens (including phenoxy) is 2. The lowest BCUT2D eigenvalue weighted by atomic mass is 9.95. The second-order valence-corrected chi connectivity index (χ2v) is 12.8. The maximum absolute atomic E-state index is 16.6. The topological polar surface area (TPSA) is 116 Å². The van der Waals surface area contributed by atoms with Crippen molar-refractivity contribution in [1.29, 1.82) is 0 Å². The smallest absolute Gasteiger partial charge is 0.407 e. The van der Waals surface area contributed by atoms with Gasteiger partial charge in [0.05, 0.1) is 42.0 Å². The molecule has 5 aliphatic rings. The van der Waals surface area contributed by atoms with E-state index < -0.39 is 11.9 Å². The van der Waals surface area contributed by atoms with E-state index in [1.54, 1.807) is 31.5 Å². The van der Waals surface area contributed by atoms with Crippen LogP contribution in [-0.4, -0.2) is 85.3 Å². The molecule has 0 bridgehead atoms. The number of nitrogens with zero attached hydrogens (tertiary/aromatic N) is 6. The van der Waals surface area contributed by atoms with Gasteiger partial charge in [0, 0.05) is 40.3 Å². The minimum atomic E-state index is -0.575. The Morgan fingerprint density at radius 2 is 1.98 bits per heavy atom. The summed E-state index contributed by atoms with van der Waals surface area (Å²) in [5.41, 5.74) is 0.828. The van der Waals surface area contributed by atoms with Crippen LogP contribution >= 0.6 is 11.6 Å². The van der Waals surface area contributed by atoms with Crippen LogP contribution in [0.3, 0.4) is 0 Å². The van der Waals surface area contributed by atoms with Gasteiger partial charge in [-0.05, 0) is 71.0 Å². The van der Waals surface area contributed by atoms with Crippen LogP contribution in [0.25, 0.3) is 12.0 Å². The first-order chi connectivity index (χ1) is 22.4. The number of benzene rings is 1. The van der Waals surface area contributed by atoms with Crippen molar-refractivity contribution in [3.63, 3.8) is 0 Å². The van der Waals surface area contributed by atoms with Gasteiger partial charge >= 0.3 is 6.09 Å². The monoisotopic (exact) mass is 652 g/mol. The number of amides is 1. The second-order valence-electron chi connectivity index (χ2n) is 12.4. The largest absolute Gasteiger partial charge is 0.450 e. The van der Waals surface area contributed by atoms with Crippen molar-refractivity contribution in [3.05, 3.63) is 50.2 Å². The molecule has 1 atom stereocenters. The summed E-state index contributed by atoms with van der Waals surface area (Å²) in [6.45, 7) is 9.78. The van der Waals surface area contributed by atoms with Crippen LogP contribution in [0.5, 0.6) is 0 Å². The van der Waals surface area contributed by atoms with Crippen LogP contribution in [0.4, 0.5) is 20.6 Å². The molecule has 1 unspecified atom stereocenters. The molecule has 2 N–H and O–H groups in total. The summed E-state index contributed by atoms with van der Waals surface area (Å²) in [5, 5.41) is 16.2. The van der Waals surface area contributed by atoms with Crippen LogP contribution in [0.15, 0.2) is 33.6 Å². The zero-order valence-corrected chi connectivity index (χ0v) is 27.1. The number of fused-ring (bicyclic) bond motifs is 2. The molecular formula is C33H42ClFN8O3. The van der Waals surface area contributed by atoms with E-state index >= 15 is 4.39 Å². The molecule has 4 aliphatic heterocycles. The molecule has 4 fully saturated rings. The number of carbonyl (C=O) groups excluding carboxylic acids is 1. The summed E-state index contributed by atoms with van der Waals surface area (Å²) in [6, 6.07) is 3.20. The van der Waals surface area contributed by atoms with Crippen molar-refractivity contribution in [1.82, 2.24) is 20.1 Å². The summed E-state index contributed by atoms with van der Waals surface area (Å²) in [6.07, 6.45) is 12.5. The first kappa shape index (κ1) is 32.3. The molecule has 5 heterocycles. The lowest BCUT2D eigenvalue weighted by Crippen LogP contribution is -2.43. The normalized spacial score (nSPS) is 21.9. The van der Waals surface area contributed by atoms with Crippen molar-refractivity contribution in [2.24, 2.45) is 15.2 Å². The molecular weight excluding hydrogens is 611 g/mol. The van der Waals surface area contributed by atoms with E-state index in [1.807, 2.05) is 4.90 Å². The van der Waals surface area contributed by atoms with Crippen LogP contribution in [0, 0.1) is 16.4 Å². The van der Waals surface area contributed by atoms with Gasteiger partial charge in [-0.1, -0.05) is 30.9 Å². The Balaban J connectivity index is 0.00000117. The number of rotatable bonds is 9. The van der Waals surface area contributed by atoms with E-state index in [2.05, 4.69) is 42.5 Å². The van der Waals surface area contributed by atoms with Gasteiger partial charge in [0.2, 0.25) is 0 Å². The Hall–Kier alpha value is -3.61. The summed E-state index contributed by atoms with van der Waals surface area (Å²) < 4.78 is 27.8. The molecule has 7 rings (SSSR count). The molecule has 13 heteroatoms. The van der Waals surface area contributed by atoms with Crippen LogP contribution < -0.4 is 21.1 Å². The van der Waals surface area contributed by atoms with Crippen molar-refractivity contribution in [3.8, 4) is 0 Å². The number of likely N-dealkylation sites (tertiary alicyclic amines) is 1. The third-order valence-electron chi connectivity index (χ3n) is 9.11. The maximum Gasteiger partial charge on any atom is 0.407 e. The molecule has 1 aromatic heterocycles. The number of aliphatic imine (C=N–C) groups is 1. The Labute approximate surface area is 272 Å². The van der Waals surface area contributed by atoms with E-state index in [-0.39, 0.29) is 36.0 Å². The zero-order valence-electron chi connectivity index (χ0n) is 26.4. The standard InChI is InChI=1S/C30H36ClFN8O3.C3H6/c1-3-43-29(41)37-20-6-11-39(16-20)28(33-2)23-14-34-26(21-12-19(31)13-24-22(21)15-36-38-24)25(32)27(23)35-18-42-17-30-7-4-9-40(30)10-5-8-30;1-2-3-1/h12-15,20,35H,2-11,16-18H2,1H3,(H,37,41);1-3H2/b26-21+,28-23+;. The molecule has 11 nitrogen and oxygen atoms in total. The minimum Gasteiger partial charge on any atom is -0.450 e. The van der Waals surface area contributed by atoms with Gasteiger partial charge in [-0.3, -0.25) is 9.88 Å². The van der Waals surface area contributed by atoms with Gasteiger partial charge in [-0.25, -0.2) is 14.2 Å². The summed E-state index contributed by atoms with van der Waals surface area (Å²) in [4.78, 5) is 25.3. The van der Waals surface area contributed by atoms with Gasteiger partial charge in [0.15, 0.2) is 5.82 Å². The average molecular weight is 653 g/mol. The van der Waals surface area contributed by atoms with E-state index in [4.69, 9.17) is 21.1 Å². The number of alkyl carbamates (subject to hydrolysis) is 1. The number of aromatic nitrogens is 1. The lowest BCUT2D eigenvalue weighted by Gasteiger charge is -2.31. The molecule has 1 aromatic carbocycles. The number of azo groups is 1. The third kappa shape index (κ3) is 7.03. The third-order valence-corrected chi connectivity index (χ3v) is 9.33. The molecule has 1 aliphatic carbocycles. The quantitative estimate of drug-likeness (QED) is 0.228. The number of nitrogens with one attached hydrogen (secondary N) is 2. The SMILES string of the molecule is C1CC1.C=N/C(=c1/cn/c(=c2\cc(Cl)cc3c2=CN=N3)c(F)c1NCOCC12CCCN1CCC2)N1CCC(NC(=O)OCC)C1. The van der Waals surface area contributed by atoms with E-state index in [0.717, 1.165) is 25.9 Å². The highest BCUT2D eigenvalue weighted by Crippen LogP contribution is 2.38. The van der Waals surface area contributed by atoms with E-state index in [1.165, 1.54) is 32.1 Å². The van der Waals surface area contributed by atoms with Crippen LogP contribution in [0.1, 0.15) is 58.3 Å². The molecule has 1 saturated carbocycles. The average Bonchev–Trinajstić information content (AvgIpc) is 3.37. The maximum atomic E-state index is 16.6. The Kier molecular flexibility index (Phi) is 10.1. The molecule has 46 heavy (non-hydrogen) atoms. The zero-order chi connectivity index (χ0) is 32.1. The predicted octanol–water partition coefficient (Wildman–Crippen LogP) is 4.77. The van der Waals surface area contributed by atoms with Crippen molar-refractivity contribution < 1.29 is 18.7 Å². The molecule has 0 spiro atoms. The second kappa shape index (κ2) is 14.4. The van der Waals surface area contributed by atoms with Crippen molar-refractivity contribution in [2.75, 3.05) is 51.4 Å². The predicted molar refractivity (Wildman–Crippen MR) is 176 cm³/mol.